The molecule has 0 amide bonds. The van der Waals surface area contributed by atoms with E-state index in [1.54, 1.807) is 7.05 Å². The minimum absolute atomic E-state index is 0.0773. The van der Waals surface area contributed by atoms with Crippen molar-refractivity contribution in [3.05, 3.63) is 16.3 Å². The highest BCUT2D eigenvalue weighted by Crippen LogP contribution is 2.28. The summed E-state index contributed by atoms with van der Waals surface area (Å²) >= 11 is 0. The van der Waals surface area contributed by atoms with E-state index >= 15 is 0 Å². The van der Waals surface area contributed by atoms with Gasteiger partial charge in [-0.3, -0.25) is 14.8 Å². The zero-order valence-electron chi connectivity index (χ0n) is 10.3. The summed E-state index contributed by atoms with van der Waals surface area (Å²) in [6.07, 6.45) is 1.45. The van der Waals surface area contributed by atoms with E-state index < -0.39 is 0 Å². The lowest BCUT2D eigenvalue weighted by atomic mass is 10.1. The first-order valence-corrected chi connectivity index (χ1v) is 5.67. The van der Waals surface area contributed by atoms with E-state index in [1.807, 2.05) is 11.8 Å². The molecule has 2 unspecified atom stereocenters. The number of aryl methyl sites for hydroxylation is 1. The largest absolute Gasteiger partial charge is 0.344 e. The van der Waals surface area contributed by atoms with Gasteiger partial charge in [-0.05, 0) is 13.8 Å². The van der Waals surface area contributed by atoms with E-state index in [4.69, 9.17) is 0 Å². The van der Waals surface area contributed by atoms with Crippen molar-refractivity contribution in [2.45, 2.75) is 25.9 Å². The standard InChI is InChI=1S/C10H17N5O2/c1-7-5-14(8(2)4-11-7)10-9(15(16)17)6-13(3)12-10/h6-8,11H,4-5H2,1-3H3. The fourth-order valence-corrected chi connectivity index (χ4v) is 2.11. The van der Waals surface area contributed by atoms with Crippen LogP contribution in [0.4, 0.5) is 11.5 Å². The lowest BCUT2D eigenvalue weighted by molar-refractivity contribution is -0.384. The number of hydrogen-bond donors (Lipinski definition) is 1. The molecule has 7 heteroatoms. The van der Waals surface area contributed by atoms with Crippen LogP contribution in [-0.4, -0.2) is 39.9 Å². The normalized spacial score (nSPS) is 25.0. The number of rotatable bonds is 2. The Morgan fingerprint density at radius 2 is 2.29 bits per heavy atom. The van der Waals surface area contributed by atoms with E-state index in [2.05, 4.69) is 17.3 Å². The van der Waals surface area contributed by atoms with E-state index in [0.717, 1.165) is 13.1 Å². The number of nitrogens with one attached hydrogen (secondary N) is 1. The minimum Gasteiger partial charge on any atom is -0.344 e. The first kappa shape index (κ1) is 11.8. The van der Waals surface area contributed by atoms with Crippen molar-refractivity contribution < 1.29 is 4.92 Å². The highest BCUT2D eigenvalue weighted by Gasteiger charge is 2.30. The van der Waals surface area contributed by atoms with Crippen LogP contribution < -0.4 is 10.2 Å². The summed E-state index contributed by atoms with van der Waals surface area (Å²) in [4.78, 5) is 12.6. The maximum absolute atomic E-state index is 11.0. The van der Waals surface area contributed by atoms with Gasteiger partial charge in [0.25, 0.3) is 0 Å². The Bertz CT molecular complexity index is 430. The van der Waals surface area contributed by atoms with Crippen LogP contribution in [0.25, 0.3) is 0 Å². The summed E-state index contributed by atoms with van der Waals surface area (Å²) in [6, 6.07) is 0.521. The molecule has 1 N–H and O–H groups in total. The second-order valence-corrected chi connectivity index (χ2v) is 4.58. The van der Waals surface area contributed by atoms with Crippen molar-refractivity contribution in [2.24, 2.45) is 7.05 Å². The third-order valence-corrected chi connectivity index (χ3v) is 3.02. The molecule has 2 rings (SSSR count). The highest BCUT2D eigenvalue weighted by atomic mass is 16.6. The Balaban J connectivity index is 2.34. The second kappa shape index (κ2) is 4.33. The molecule has 2 atom stereocenters. The van der Waals surface area contributed by atoms with Crippen molar-refractivity contribution in [1.29, 1.82) is 0 Å². The van der Waals surface area contributed by atoms with Crippen LogP contribution in [0, 0.1) is 10.1 Å². The zero-order valence-corrected chi connectivity index (χ0v) is 10.3. The molecular formula is C10H17N5O2. The molecule has 0 aliphatic carbocycles. The molecule has 2 heterocycles. The molecule has 94 valence electrons. The van der Waals surface area contributed by atoms with Gasteiger partial charge in [0.15, 0.2) is 0 Å². The van der Waals surface area contributed by atoms with Crippen LogP contribution in [0.15, 0.2) is 6.20 Å². The summed E-state index contributed by atoms with van der Waals surface area (Å²) in [5.41, 5.74) is 0.0773. The van der Waals surface area contributed by atoms with Crippen molar-refractivity contribution in [2.75, 3.05) is 18.0 Å². The van der Waals surface area contributed by atoms with Crippen LogP contribution in [-0.2, 0) is 7.05 Å². The van der Waals surface area contributed by atoms with Crippen molar-refractivity contribution >= 4 is 11.5 Å². The van der Waals surface area contributed by atoms with Crippen LogP contribution >= 0.6 is 0 Å². The Kier molecular flexibility index (Phi) is 3.01. The SMILES string of the molecule is CC1CN(c2nn(C)cc2[N+](=O)[O-])C(C)CN1. The van der Waals surface area contributed by atoms with Gasteiger partial charge < -0.3 is 10.2 Å². The molecule has 0 spiro atoms. The quantitative estimate of drug-likeness (QED) is 0.601. The van der Waals surface area contributed by atoms with E-state index in [-0.39, 0.29) is 16.7 Å². The van der Waals surface area contributed by atoms with Crippen molar-refractivity contribution in [3.63, 3.8) is 0 Å². The number of anilines is 1. The summed E-state index contributed by atoms with van der Waals surface area (Å²) in [5, 5.41) is 18.5. The zero-order chi connectivity index (χ0) is 12.6. The Hall–Kier alpha value is -1.63. The molecule has 1 fully saturated rings. The van der Waals surface area contributed by atoms with Gasteiger partial charge in [0, 0.05) is 32.2 Å². The average Bonchev–Trinajstić information content (AvgIpc) is 2.64. The van der Waals surface area contributed by atoms with Gasteiger partial charge in [0.2, 0.25) is 5.82 Å². The van der Waals surface area contributed by atoms with Crippen LogP contribution in [0.5, 0.6) is 0 Å². The number of nitrogens with zero attached hydrogens (tertiary/aromatic N) is 4. The van der Waals surface area contributed by atoms with Gasteiger partial charge in [-0.25, -0.2) is 0 Å². The summed E-state index contributed by atoms with van der Waals surface area (Å²) in [5.74, 6) is 0.471. The molecule has 1 aromatic rings. The first-order chi connectivity index (χ1) is 7.99. The third-order valence-electron chi connectivity index (χ3n) is 3.02. The van der Waals surface area contributed by atoms with Gasteiger partial charge in [-0.15, -0.1) is 5.10 Å². The lowest BCUT2D eigenvalue weighted by Crippen LogP contribution is -2.54. The molecular weight excluding hydrogens is 222 g/mol. The van der Waals surface area contributed by atoms with Gasteiger partial charge >= 0.3 is 5.69 Å². The maximum Gasteiger partial charge on any atom is 0.330 e. The summed E-state index contributed by atoms with van der Waals surface area (Å²) in [7, 11) is 1.70. The Morgan fingerprint density at radius 1 is 1.59 bits per heavy atom. The molecule has 1 aliphatic rings. The minimum atomic E-state index is -0.373. The maximum atomic E-state index is 11.0. The fraction of sp³-hybridized carbons (Fsp3) is 0.700. The van der Waals surface area contributed by atoms with Gasteiger partial charge in [-0.2, -0.15) is 0 Å². The number of hydrogen-bond acceptors (Lipinski definition) is 5. The number of nitro groups is 1. The summed E-state index contributed by atoms with van der Waals surface area (Å²) in [6.45, 7) is 5.65. The molecule has 0 saturated carbocycles. The van der Waals surface area contributed by atoms with E-state index in [0.29, 0.717) is 11.9 Å². The van der Waals surface area contributed by atoms with Crippen LogP contribution in [0.1, 0.15) is 13.8 Å². The Morgan fingerprint density at radius 3 is 2.94 bits per heavy atom. The number of aromatic nitrogens is 2. The predicted molar refractivity (Wildman–Crippen MR) is 64.1 cm³/mol. The van der Waals surface area contributed by atoms with E-state index in [1.165, 1.54) is 10.9 Å². The first-order valence-electron chi connectivity index (χ1n) is 5.67. The molecule has 1 aromatic heterocycles. The smallest absolute Gasteiger partial charge is 0.330 e. The number of piperazine rings is 1. The molecule has 0 radical (unpaired) electrons. The molecule has 1 aliphatic heterocycles. The van der Waals surface area contributed by atoms with Crippen molar-refractivity contribution in [3.8, 4) is 0 Å². The second-order valence-electron chi connectivity index (χ2n) is 4.58. The van der Waals surface area contributed by atoms with Gasteiger partial charge in [-0.1, -0.05) is 0 Å². The molecule has 17 heavy (non-hydrogen) atoms. The average molecular weight is 239 g/mol. The van der Waals surface area contributed by atoms with Crippen LogP contribution in [0.2, 0.25) is 0 Å². The molecule has 7 nitrogen and oxygen atoms in total. The molecule has 0 aromatic carbocycles. The monoisotopic (exact) mass is 239 g/mol. The lowest BCUT2D eigenvalue weighted by Gasteiger charge is -2.37. The topological polar surface area (TPSA) is 76.2 Å². The van der Waals surface area contributed by atoms with Gasteiger partial charge in [0.1, 0.15) is 6.20 Å². The van der Waals surface area contributed by atoms with Crippen molar-refractivity contribution in [1.82, 2.24) is 15.1 Å². The van der Waals surface area contributed by atoms with Gasteiger partial charge in [0.05, 0.1) is 4.92 Å². The predicted octanol–water partition coefficient (Wildman–Crippen LogP) is 0.515. The summed E-state index contributed by atoms with van der Waals surface area (Å²) < 4.78 is 1.49. The molecule has 1 saturated heterocycles. The Labute approximate surface area is 99.6 Å². The highest BCUT2D eigenvalue weighted by molar-refractivity contribution is 5.57. The van der Waals surface area contributed by atoms with Crippen LogP contribution in [0.3, 0.4) is 0 Å². The fourth-order valence-electron chi connectivity index (χ4n) is 2.11. The third kappa shape index (κ3) is 2.23. The molecule has 0 bridgehead atoms. The van der Waals surface area contributed by atoms with E-state index in [9.17, 15) is 10.1 Å².